The van der Waals surface area contributed by atoms with Gasteiger partial charge in [0.15, 0.2) is 5.82 Å². The van der Waals surface area contributed by atoms with Gasteiger partial charge in [0.2, 0.25) is 5.82 Å². The molecule has 2 aromatic rings. The van der Waals surface area contributed by atoms with Crippen molar-refractivity contribution in [3.05, 3.63) is 46.3 Å². The fourth-order valence-corrected chi connectivity index (χ4v) is 3.66. The second-order valence-corrected chi connectivity index (χ2v) is 9.75. The first kappa shape index (κ1) is 24.9. The van der Waals surface area contributed by atoms with E-state index in [1.807, 2.05) is 6.07 Å². The number of carbonyl (C=O) groups is 1. The van der Waals surface area contributed by atoms with Crippen molar-refractivity contribution in [1.82, 2.24) is 20.3 Å². The second-order valence-electron chi connectivity index (χ2n) is 8.89. The van der Waals surface area contributed by atoms with Gasteiger partial charge in [-0.05, 0) is 45.6 Å². The molecule has 0 saturated carbocycles. The van der Waals surface area contributed by atoms with Crippen LogP contribution in [0.25, 0.3) is 0 Å². The van der Waals surface area contributed by atoms with E-state index in [1.165, 1.54) is 6.20 Å². The molecule has 1 aromatic heterocycles. The molecule has 2 heterocycles. The molecule has 1 aliphatic rings. The van der Waals surface area contributed by atoms with Gasteiger partial charge in [-0.15, -0.1) is 0 Å². The predicted octanol–water partition coefficient (Wildman–Crippen LogP) is 3.02. The zero-order valence-electron chi connectivity index (χ0n) is 19.2. The Morgan fingerprint density at radius 3 is 2.64 bits per heavy atom. The number of rotatable bonds is 8. The summed E-state index contributed by atoms with van der Waals surface area (Å²) in [5.74, 6) is 0.875. The van der Waals surface area contributed by atoms with Crippen LogP contribution in [0.5, 0.6) is 5.75 Å². The number of nitriles is 1. The van der Waals surface area contributed by atoms with Crippen LogP contribution >= 0.6 is 15.9 Å². The van der Waals surface area contributed by atoms with Crippen molar-refractivity contribution in [1.29, 1.82) is 5.26 Å². The van der Waals surface area contributed by atoms with Gasteiger partial charge in [-0.2, -0.15) is 10.2 Å². The lowest BCUT2D eigenvalue weighted by atomic mass is 9.97. The molecule has 1 saturated heterocycles. The van der Waals surface area contributed by atoms with Gasteiger partial charge in [-0.3, -0.25) is 20.1 Å². The van der Waals surface area contributed by atoms with Crippen molar-refractivity contribution in [3.63, 3.8) is 0 Å². The average Bonchev–Trinajstić information content (AvgIpc) is 2.79. The fraction of sp³-hybridized carbons (Fsp3) is 0.478. The zero-order valence-corrected chi connectivity index (χ0v) is 20.8. The first-order chi connectivity index (χ1) is 15.7. The van der Waals surface area contributed by atoms with Gasteiger partial charge in [0.05, 0.1) is 17.7 Å². The zero-order chi connectivity index (χ0) is 23.8. The van der Waals surface area contributed by atoms with Crippen molar-refractivity contribution in [2.45, 2.75) is 20.8 Å². The first-order valence-electron chi connectivity index (χ1n) is 10.8. The van der Waals surface area contributed by atoms with Gasteiger partial charge in [-0.25, -0.2) is 4.98 Å². The maximum atomic E-state index is 13.0. The van der Waals surface area contributed by atoms with E-state index < -0.39 is 0 Å². The molecule has 10 heteroatoms. The van der Waals surface area contributed by atoms with E-state index in [4.69, 9.17) is 9.47 Å². The highest BCUT2D eigenvalue weighted by atomic mass is 79.9. The van der Waals surface area contributed by atoms with Gasteiger partial charge < -0.3 is 9.47 Å². The Hall–Kier alpha value is -2.74. The molecular weight excluding hydrogens is 488 g/mol. The molecule has 0 radical (unpaired) electrons. The number of carbonyl (C=O) groups excluding carboxylic acids is 1. The second kappa shape index (κ2) is 11.4. The van der Waals surface area contributed by atoms with E-state index in [9.17, 15) is 10.1 Å². The van der Waals surface area contributed by atoms with Crippen LogP contribution in [0.3, 0.4) is 0 Å². The number of benzene rings is 1. The maximum absolute atomic E-state index is 13.0. The lowest BCUT2D eigenvalue weighted by Crippen LogP contribution is -2.47. The number of ether oxygens (including phenoxy) is 2. The number of hydrogen-bond acceptors (Lipinski definition) is 8. The molecule has 0 atom stereocenters. The van der Waals surface area contributed by atoms with Crippen LogP contribution < -0.4 is 15.2 Å². The molecule has 33 heavy (non-hydrogen) atoms. The Morgan fingerprint density at radius 2 is 2.00 bits per heavy atom. The highest BCUT2D eigenvalue weighted by Gasteiger charge is 2.23. The number of anilines is 1. The SMILES string of the molecule is CC(C)(C)CN(NC(=O)c1ccc(OCCN2CCOCC2)cc1)c1nc(C#N)ncc1Br. The van der Waals surface area contributed by atoms with Crippen LogP contribution in [0.4, 0.5) is 5.82 Å². The monoisotopic (exact) mass is 516 g/mol. The number of hydrazine groups is 1. The van der Waals surface area contributed by atoms with Crippen LogP contribution in [-0.2, 0) is 4.74 Å². The number of hydrogen-bond donors (Lipinski definition) is 1. The van der Waals surface area contributed by atoms with Crippen LogP contribution in [0.1, 0.15) is 37.0 Å². The molecule has 176 valence electrons. The summed E-state index contributed by atoms with van der Waals surface area (Å²) in [6.07, 6.45) is 1.51. The van der Waals surface area contributed by atoms with E-state index in [2.05, 4.69) is 57.0 Å². The maximum Gasteiger partial charge on any atom is 0.269 e. The quantitative estimate of drug-likeness (QED) is 0.534. The summed E-state index contributed by atoms with van der Waals surface area (Å²) >= 11 is 3.42. The fourth-order valence-electron chi connectivity index (χ4n) is 3.25. The molecule has 0 spiro atoms. The molecule has 1 amide bonds. The van der Waals surface area contributed by atoms with E-state index >= 15 is 0 Å². The lowest BCUT2D eigenvalue weighted by Gasteiger charge is -2.31. The Bertz CT molecular complexity index is 981. The highest BCUT2D eigenvalue weighted by molar-refractivity contribution is 9.10. The molecule has 1 fully saturated rings. The predicted molar refractivity (Wildman–Crippen MR) is 128 cm³/mol. The largest absolute Gasteiger partial charge is 0.492 e. The van der Waals surface area contributed by atoms with E-state index in [0.717, 1.165) is 32.8 Å². The smallest absolute Gasteiger partial charge is 0.269 e. The topological polar surface area (TPSA) is 104 Å². The molecule has 0 bridgehead atoms. The Labute approximate surface area is 202 Å². The first-order valence-corrected chi connectivity index (χ1v) is 11.6. The average molecular weight is 517 g/mol. The summed E-state index contributed by atoms with van der Waals surface area (Å²) < 4.78 is 11.8. The van der Waals surface area contributed by atoms with Gasteiger partial charge in [-0.1, -0.05) is 20.8 Å². The van der Waals surface area contributed by atoms with Crippen LogP contribution in [0.15, 0.2) is 34.9 Å². The third-order valence-electron chi connectivity index (χ3n) is 4.85. The van der Waals surface area contributed by atoms with E-state index in [1.54, 1.807) is 29.3 Å². The minimum Gasteiger partial charge on any atom is -0.492 e. The molecule has 9 nitrogen and oxygen atoms in total. The van der Waals surface area contributed by atoms with E-state index in [0.29, 0.717) is 34.8 Å². The standard InChI is InChI=1S/C23H29BrN6O3/c1-23(2,3)16-30(21-19(24)15-26-20(14-25)27-21)28-22(31)17-4-6-18(7-5-17)33-13-10-29-8-11-32-12-9-29/h4-7,15H,8-13,16H2,1-3H3,(H,28,31). The van der Waals surface area contributed by atoms with Crippen molar-refractivity contribution in [3.8, 4) is 11.8 Å². The van der Waals surface area contributed by atoms with Gasteiger partial charge in [0.1, 0.15) is 18.4 Å². The highest BCUT2D eigenvalue weighted by Crippen LogP contribution is 2.26. The summed E-state index contributed by atoms with van der Waals surface area (Å²) in [6, 6.07) is 8.97. The number of nitrogens with one attached hydrogen (secondary N) is 1. The van der Waals surface area contributed by atoms with Crippen LogP contribution in [-0.4, -0.2) is 66.8 Å². The van der Waals surface area contributed by atoms with Crippen LogP contribution in [0.2, 0.25) is 0 Å². The minimum atomic E-state index is -0.289. The third kappa shape index (κ3) is 7.67. The minimum absolute atomic E-state index is 0.0277. The number of nitrogens with zero attached hydrogens (tertiary/aromatic N) is 5. The number of halogens is 1. The molecule has 1 N–H and O–H groups in total. The van der Waals surface area contributed by atoms with Crippen molar-refractivity contribution in [2.24, 2.45) is 5.41 Å². The summed E-state index contributed by atoms with van der Waals surface area (Å²) in [7, 11) is 0. The normalized spacial score (nSPS) is 14.4. The summed E-state index contributed by atoms with van der Waals surface area (Å²) in [5.41, 5.74) is 3.25. The Kier molecular flexibility index (Phi) is 8.61. The molecule has 3 rings (SSSR count). The number of aromatic nitrogens is 2. The van der Waals surface area contributed by atoms with Gasteiger partial charge in [0, 0.05) is 37.9 Å². The molecule has 1 aliphatic heterocycles. The van der Waals surface area contributed by atoms with Crippen molar-refractivity contribution in [2.75, 3.05) is 51.0 Å². The Balaban J connectivity index is 1.64. The number of amides is 1. The number of morpholine rings is 1. The summed E-state index contributed by atoms with van der Waals surface area (Å²) in [4.78, 5) is 23.5. The van der Waals surface area contributed by atoms with Crippen molar-refractivity contribution >= 4 is 27.7 Å². The summed E-state index contributed by atoms with van der Waals surface area (Å²) in [6.45, 7) is 11.4. The van der Waals surface area contributed by atoms with Crippen LogP contribution in [0, 0.1) is 16.7 Å². The van der Waals surface area contributed by atoms with Gasteiger partial charge >= 0.3 is 0 Å². The summed E-state index contributed by atoms with van der Waals surface area (Å²) in [5, 5.41) is 10.8. The molecule has 0 aliphatic carbocycles. The molecule has 1 aromatic carbocycles. The Morgan fingerprint density at radius 1 is 1.30 bits per heavy atom. The van der Waals surface area contributed by atoms with Gasteiger partial charge in [0.25, 0.3) is 5.91 Å². The lowest BCUT2D eigenvalue weighted by molar-refractivity contribution is 0.0322. The molecular formula is C23H29BrN6O3. The molecule has 0 unspecified atom stereocenters. The van der Waals surface area contributed by atoms with E-state index in [-0.39, 0.29) is 17.1 Å². The van der Waals surface area contributed by atoms with Crippen molar-refractivity contribution < 1.29 is 14.3 Å². The third-order valence-corrected chi connectivity index (χ3v) is 5.41.